The summed E-state index contributed by atoms with van der Waals surface area (Å²) in [5.41, 5.74) is 0.721. The van der Waals surface area contributed by atoms with Gasteiger partial charge in [-0.3, -0.25) is 10.1 Å². The van der Waals surface area contributed by atoms with Crippen molar-refractivity contribution in [3.63, 3.8) is 0 Å². The number of likely N-dealkylation sites (tertiary alicyclic amines) is 1. The number of carboxylic acid groups (broad SMARTS) is 1. The molecule has 6 nitrogen and oxygen atoms in total. The van der Waals surface area contributed by atoms with E-state index in [1.54, 1.807) is 13.8 Å². The molecule has 1 aromatic rings. The molecule has 2 rings (SSSR count). The van der Waals surface area contributed by atoms with Gasteiger partial charge in [-0.05, 0) is 13.8 Å². The molecule has 1 aliphatic rings. The van der Waals surface area contributed by atoms with Crippen LogP contribution in [0, 0.1) is 25.7 Å². The second-order valence-corrected chi connectivity index (χ2v) is 6.29. The molecule has 1 aliphatic heterocycles. The number of carbonyl (C=O) groups is 2. The summed E-state index contributed by atoms with van der Waals surface area (Å²) >= 11 is 1.21. The third-order valence-electron chi connectivity index (χ3n) is 3.59. The first-order valence-corrected chi connectivity index (χ1v) is 7.20. The standard InChI is InChI=1S/C12H14F3N3O3S/c1-5-6(2)22-10(16-5)17-11(21)18-3-7(9(19)20)8(4-18)12(13,14)15/h7-8H,3-4H2,1-2H3,(H,19,20)(H,16,17,21)/t7-,8-/m1/s1. The Bertz CT molecular complexity index is 583. The predicted molar refractivity (Wildman–Crippen MR) is 72.9 cm³/mol. The molecular weight excluding hydrogens is 323 g/mol. The number of urea groups is 1. The van der Waals surface area contributed by atoms with Gasteiger partial charge in [0.05, 0.1) is 17.5 Å². The van der Waals surface area contributed by atoms with Crippen LogP contribution in [-0.2, 0) is 4.79 Å². The molecule has 0 aliphatic carbocycles. The van der Waals surface area contributed by atoms with Crippen molar-refractivity contribution in [2.75, 3.05) is 18.4 Å². The van der Waals surface area contributed by atoms with Crippen LogP contribution in [0.1, 0.15) is 10.6 Å². The van der Waals surface area contributed by atoms with E-state index >= 15 is 0 Å². The first-order valence-electron chi connectivity index (χ1n) is 6.39. The van der Waals surface area contributed by atoms with Crippen LogP contribution in [0.25, 0.3) is 0 Å². The first-order chi connectivity index (χ1) is 10.1. The molecule has 0 unspecified atom stereocenters. The maximum atomic E-state index is 12.9. The van der Waals surface area contributed by atoms with Crippen molar-refractivity contribution in [1.82, 2.24) is 9.88 Å². The first kappa shape index (κ1) is 16.5. The molecule has 1 fully saturated rings. The number of aryl methyl sites for hydroxylation is 2. The Morgan fingerprint density at radius 3 is 2.41 bits per heavy atom. The molecule has 1 saturated heterocycles. The van der Waals surface area contributed by atoms with Crippen molar-refractivity contribution in [3.05, 3.63) is 10.6 Å². The van der Waals surface area contributed by atoms with Crippen molar-refractivity contribution in [2.45, 2.75) is 20.0 Å². The molecule has 0 aromatic carbocycles. The molecule has 122 valence electrons. The zero-order valence-electron chi connectivity index (χ0n) is 11.8. The lowest BCUT2D eigenvalue weighted by molar-refractivity contribution is -0.187. The second kappa shape index (κ2) is 5.75. The zero-order valence-corrected chi connectivity index (χ0v) is 12.6. The SMILES string of the molecule is Cc1nc(NC(=O)N2C[C@@H](C(F)(F)F)[C@H](C(=O)O)C2)sc1C. The van der Waals surface area contributed by atoms with Crippen LogP contribution < -0.4 is 5.32 Å². The number of hydrogen-bond acceptors (Lipinski definition) is 4. The Balaban J connectivity index is 2.09. The number of carbonyl (C=O) groups excluding carboxylic acids is 1. The van der Waals surface area contributed by atoms with E-state index < -0.39 is 43.1 Å². The van der Waals surface area contributed by atoms with Crippen molar-refractivity contribution in [3.8, 4) is 0 Å². The Morgan fingerprint density at radius 2 is 2.00 bits per heavy atom. The van der Waals surface area contributed by atoms with E-state index in [4.69, 9.17) is 5.11 Å². The normalized spacial score (nSPS) is 22.0. The number of carboxylic acids is 1. The molecule has 22 heavy (non-hydrogen) atoms. The molecule has 2 amide bonds. The maximum Gasteiger partial charge on any atom is 0.394 e. The zero-order chi connectivity index (χ0) is 16.7. The van der Waals surface area contributed by atoms with Gasteiger partial charge in [0, 0.05) is 18.0 Å². The topological polar surface area (TPSA) is 82.5 Å². The number of alkyl halides is 3. The number of rotatable bonds is 2. The lowest BCUT2D eigenvalue weighted by Gasteiger charge is -2.18. The van der Waals surface area contributed by atoms with Gasteiger partial charge in [-0.15, -0.1) is 11.3 Å². The van der Waals surface area contributed by atoms with Crippen LogP contribution in [0.4, 0.5) is 23.1 Å². The second-order valence-electron chi connectivity index (χ2n) is 5.09. The molecule has 1 aromatic heterocycles. The van der Waals surface area contributed by atoms with E-state index in [1.807, 2.05) is 0 Å². The fourth-order valence-corrected chi connectivity index (χ4v) is 3.05. The summed E-state index contributed by atoms with van der Waals surface area (Å²) in [6, 6.07) is -0.772. The lowest BCUT2D eigenvalue weighted by atomic mass is 9.96. The molecular formula is C12H14F3N3O3S. The van der Waals surface area contributed by atoms with E-state index in [1.165, 1.54) is 11.3 Å². The van der Waals surface area contributed by atoms with Crippen molar-refractivity contribution < 1.29 is 27.9 Å². The molecule has 2 atom stereocenters. The summed E-state index contributed by atoms with van der Waals surface area (Å²) in [5, 5.41) is 11.6. The van der Waals surface area contributed by atoms with Gasteiger partial charge in [0.2, 0.25) is 0 Å². The quantitative estimate of drug-likeness (QED) is 0.869. The highest BCUT2D eigenvalue weighted by atomic mass is 32.1. The third-order valence-corrected chi connectivity index (χ3v) is 4.58. The third kappa shape index (κ3) is 3.32. The van der Waals surface area contributed by atoms with E-state index in [2.05, 4.69) is 10.3 Å². The molecule has 0 radical (unpaired) electrons. The van der Waals surface area contributed by atoms with Gasteiger partial charge >= 0.3 is 18.2 Å². The summed E-state index contributed by atoms with van der Waals surface area (Å²) in [6.45, 7) is 2.40. The molecule has 2 heterocycles. The van der Waals surface area contributed by atoms with E-state index in [-0.39, 0.29) is 5.13 Å². The number of halogens is 3. The van der Waals surface area contributed by atoms with Crippen LogP contribution in [0.15, 0.2) is 0 Å². The van der Waals surface area contributed by atoms with Crippen molar-refractivity contribution in [2.24, 2.45) is 11.8 Å². The number of hydrogen-bond donors (Lipinski definition) is 2. The number of thiazole rings is 1. The van der Waals surface area contributed by atoms with Gasteiger partial charge < -0.3 is 10.0 Å². The van der Waals surface area contributed by atoms with Crippen LogP contribution in [-0.4, -0.2) is 46.3 Å². The smallest absolute Gasteiger partial charge is 0.394 e. The van der Waals surface area contributed by atoms with E-state index in [9.17, 15) is 22.8 Å². The van der Waals surface area contributed by atoms with Gasteiger partial charge in [-0.2, -0.15) is 13.2 Å². The fourth-order valence-electron chi connectivity index (χ4n) is 2.25. The Hall–Kier alpha value is -1.84. The molecule has 0 bridgehead atoms. The van der Waals surface area contributed by atoms with E-state index in [0.717, 1.165) is 15.5 Å². The lowest BCUT2D eigenvalue weighted by Crippen LogP contribution is -2.35. The van der Waals surface area contributed by atoms with Crippen LogP contribution >= 0.6 is 11.3 Å². The highest BCUT2D eigenvalue weighted by molar-refractivity contribution is 7.15. The Kier molecular flexibility index (Phi) is 4.32. The largest absolute Gasteiger partial charge is 0.481 e. The number of aliphatic carboxylic acids is 1. The molecule has 10 heteroatoms. The monoisotopic (exact) mass is 337 g/mol. The summed E-state index contributed by atoms with van der Waals surface area (Å²) in [5.74, 6) is -5.26. The summed E-state index contributed by atoms with van der Waals surface area (Å²) in [6.07, 6.45) is -4.66. The number of aromatic nitrogens is 1. The number of nitrogens with zero attached hydrogens (tertiary/aromatic N) is 2. The van der Waals surface area contributed by atoms with Gasteiger partial charge in [0.25, 0.3) is 0 Å². The molecule has 2 N–H and O–H groups in total. The summed E-state index contributed by atoms with van der Waals surface area (Å²) in [7, 11) is 0. The minimum atomic E-state index is -4.66. The van der Waals surface area contributed by atoms with Crippen molar-refractivity contribution >= 4 is 28.5 Å². The Morgan fingerprint density at radius 1 is 1.36 bits per heavy atom. The summed E-state index contributed by atoms with van der Waals surface area (Å²) < 4.78 is 38.6. The fraction of sp³-hybridized carbons (Fsp3) is 0.583. The van der Waals surface area contributed by atoms with Gasteiger partial charge in [-0.1, -0.05) is 0 Å². The maximum absolute atomic E-state index is 12.9. The molecule has 0 spiro atoms. The average molecular weight is 337 g/mol. The number of amides is 2. The number of nitrogens with one attached hydrogen (secondary N) is 1. The molecule has 0 saturated carbocycles. The van der Waals surface area contributed by atoms with Crippen molar-refractivity contribution in [1.29, 1.82) is 0 Å². The highest BCUT2D eigenvalue weighted by Crippen LogP contribution is 2.38. The van der Waals surface area contributed by atoms with Gasteiger partial charge in [0.1, 0.15) is 0 Å². The van der Waals surface area contributed by atoms with Gasteiger partial charge in [-0.25, -0.2) is 9.78 Å². The number of anilines is 1. The van der Waals surface area contributed by atoms with Gasteiger partial charge in [0.15, 0.2) is 5.13 Å². The predicted octanol–water partition coefficient (Wildman–Crippen LogP) is 2.49. The Labute approximate surface area is 127 Å². The van der Waals surface area contributed by atoms with Crippen LogP contribution in [0.3, 0.4) is 0 Å². The van der Waals surface area contributed by atoms with Crippen LogP contribution in [0.5, 0.6) is 0 Å². The minimum absolute atomic E-state index is 0.280. The van der Waals surface area contributed by atoms with E-state index in [0.29, 0.717) is 0 Å². The average Bonchev–Trinajstić information content (AvgIpc) is 2.94. The highest BCUT2D eigenvalue weighted by Gasteiger charge is 2.53. The minimum Gasteiger partial charge on any atom is -0.481 e. The summed E-state index contributed by atoms with van der Waals surface area (Å²) in [4.78, 5) is 28.8. The van der Waals surface area contributed by atoms with Crippen LogP contribution in [0.2, 0.25) is 0 Å².